The van der Waals surface area contributed by atoms with Crippen LogP contribution in [-0.4, -0.2) is 47.8 Å². The summed E-state index contributed by atoms with van der Waals surface area (Å²) in [5.74, 6) is 1.75. The molecule has 0 aliphatic carbocycles. The summed E-state index contributed by atoms with van der Waals surface area (Å²) in [6.07, 6.45) is 1.81. The minimum atomic E-state index is 0.0984. The molecule has 0 spiro atoms. The summed E-state index contributed by atoms with van der Waals surface area (Å²) in [7, 11) is 0. The Bertz CT molecular complexity index is 389. The van der Waals surface area contributed by atoms with Crippen molar-refractivity contribution in [2.75, 3.05) is 30.5 Å². The first-order chi connectivity index (χ1) is 8.70. The van der Waals surface area contributed by atoms with E-state index in [2.05, 4.69) is 14.9 Å². The van der Waals surface area contributed by atoms with Crippen molar-refractivity contribution in [2.24, 2.45) is 0 Å². The Morgan fingerprint density at radius 2 is 2.44 bits per heavy atom. The first-order valence-corrected chi connectivity index (χ1v) is 6.64. The molecule has 0 radical (unpaired) electrons. The van der Waals surface area contributed by atoms with Crippen LogP contribution in [0.3, 0.4) is 0 Å². The van der Waals surface area contributed by atoms with Crippen molar-refractivity contribution in [3.05, 3.63) is 12.3 Å². The van der Waals surface area contributed by atoms with Crippen LogP contribution in [0, 0.1) is 0 Å². The van der Waals surface area contributed by atoms with Gasteiger partial charge in [0.1, 0.15) is 0 Å². The summed E-state index contributed by atoms with van der Waals surface area (Å²) in [4.78, 5) is 10.8. The molecule has 0 saturated carbocycles. The Hall–Kier alpha value is -1.07. The second-order valence-corrected chi connectivity index (χ2v) is 4.75. The van der Waals surface area contributed by atoms with E-state index in [1.165, 1.54) is 0 Å². The third-order valence-electron chi connectivity index (χ3n) is 2.64. The lowest BCUT2D eigenvalue weighted by Crippen LogP contribution is -2.47. The van der Waals surface area contributed by atoms with E-state index >= 15 is 0 Å². The van der Waals surface area contributed by atoms with E-state index in [-0.39, 0.29) is 12.1 Å². The number of hydrogen-bond donors (Lipinski definition) is 0. The average molecular weight is 272 g/mol. The predicted octanol–water partition coefficient (Wildman–Crippen LogP) is 1.71. The van der Waals surface area contributed by atoms with Crippen LogP contribution < -0.4 is 9.64 Å². The van der Waals surface area contributed by atoms with E-state index in [0.717, 1.165) is 6.54 Å². The van der Waals surface area contributed by atoms with E-state index in [9.17, 15) is 0 Å². The lowest BCUT2D eigenvalue weighted by atomic mass is 10.3. The lowest BCUT2D eigenvalue weighted by molar-refractivity contribution is 0.0988. The number of aromatic nitrogens is 2. The van der Waals surface area contributed by atoms with Crippen molar-refractivity contribution >= 4 is 17.5 Å². The van der Waals surface area contributed by atoms with Crippen molar-refractivity contribution in [1.29, 1.82) is 0 Å². The zero-order valence-corrected chi connectivity index (χ0v) is 11.4. The number of ether oxygens (including phenoxy) is 2. The van der Waals surface area contributed by atoms with Gasteiger partial charge in [-0.1, -0.05) is 0 Å². The van der Waals surface area contributed by atoms with Crippen LogP contribution in [0.2, 0.25) is 0 Å². The maximum Gasteiger partial charge on any atom is 0.229 e. The summed E-state index contributed by atoms with van der Waals surface area (Å²) in [6, 6.07) is 1.88. The van der Waals surface area contributed by atoms with Gasteiger partial charge >= 0.3 is 0 Å². The number of alkyl halides is 1. The van der Waals surface area contributed by atoms with Gasteiger partial charge in [0.05, 0.1) is 25.4 Å². The first-order valence-electron chi connectivity index (χ1n) is 6.10. The van der Waals surface area contributed by atoms with Crippen LogP contribution >= 0.6 is 11.6 Å². The second kappa shape index (κ2) is 6.20. The highest BCUT2D eigenvalue weighted by Gasteiger charge is 2.24. The SMILES string of the molecule is CC(C)Oc1ccnc(N2CCOCC2CCl)n1. The van der Waals surface area contributed by atoms with Gasteiger partial charge in [-0.2, -0.15) is 4.98 Å². The van der Waals surface area contributed by atoms with Crippen molar-refractivity contribution in [2.45, 2.75) is 26.0 Å². The van der Waals surface area contributed by atoms with Gasteiger partial charge in [-0.3, -0.25) is 0 Å². The topological polar surface area (TPSA) is 47.5 Å². The highest BCUT2D eigenvalue weighted by atomic mass is 35.5. The predicted molar refractivity (Wildman–Crippen MR) is 70.5 cm³/mol. The highest BCUT2D eigenvalue weighted by molar-refractivity contribution is 6.18. The van der Waals surface area contributed by atoms with Gasteiger partial charge in [0.15, 0.2) is 0 Å². The standard InChI is InChI=1S/C12H18ClN3O2/c1-9(2)18-11-3-4-14-12(15-11)16-5-6-17-8-10(16)7-13/h3-4,9-10H,5-8H2,1-2H3. The van der Waals surface area contributed by atoms with Gasteiger partial charge in [-0.25, -0.2) is 4.98 Å². The van der Waals surface area contributed by atoms with Crippen LogP contribution in [0.1, 0.15) is 13.8 Å². The van der Waals surface area contributed by atoms with E-state index in [4.69, 9.17) is 21.1 Å². The van der Waals surface area contributed by atoms with Gasteiger partial charge in [-0.15, -0.1) is 11.6 Å². The van der Waals surface area contributed by atoms with Crippen LogP contribution in [0.5, 0.6) is 5.88 Å². The number of hydrogen-bond acceptors (Lipinski definition) is 5. The fraction of sp³-hybridized carbons (Fsp3) is 0.667. The summed E-state index contributed by atoms with van der Waals surface area (Å²) in [6.45, 7) is 5.98. The molecule has 5 nitrogen and oxygen atoms in total. The molecule has 0 N–H and O–H groups in total. The maximum absolute atomic E-state index is 5.94. The number of morpholine rings is 1. The van der Waals surface area contributed by atoms with E-state index in [1.807, 2.05) is 13.8 Å². The molecule has 0 aromatic carbocycles. The Kier molecular flexibility index (Phi) is 4.60. The smallest absolute Gasteiger partial charge is 0.229 e. The summed E-state index contributed by atoms with van der Waals surface area (Å²) in [5, 5.41) is 0. The largest absolute Gasteiger partial charge is 0.475 e. The third kappa shape index (κ3) is 3.23. The van der Waals surface area contributed by atoms with E-state index in [0.29, 0.717) is 30.9 Å². The molecule has 1 aliphatic heterocycles. The van der Waals surface area contributed by atoms with Crippen molar-refractivity contribution in [3.8, 4) is 5.88 Å². The molecule has 100 valence electrons. The fourth-order valence-electron chi connectivity index (χ4n) is 1.82. The lowest BCUT2D eigenvalue weighted by Gasteiger charge is -2.34. The minimum absolute atomic E-state index is 0.0984. The monoisotopic (exact) mass is 271 g/mol. The Balaban J connectivity index is 2.15. The molecule has 1 saturated heterocycles. The number of nitrogens with zero attached hydrogens (tertiary/aromatic N) is 3. The zero-order chi connectivity index (χ0) is 13.0. The number of anilines is 1. The molecule has 2 rings (SSSR count). The molecule has 1 unspecified atom stereocenters. The van der Waals surface area contributed by atoms with E-state index < -0.39 is 0 Å². The third-order valence-corrected chi connectivity index (χ3v) is 2.99. The first kappa shape index (κ1) is 13.4. The molecule has 0 amide bonds. The second-order valence-electron chi connectivity index (χ2n) is 4.44. The summed E-state index contributed by atoms with van der Waals surface area (Å²) in [5.41, 5.74) is 0. The van der Waals surface area contributed by atoms with Gasteiger partial charge in [0.25, 0.3) is 0 Å². The minimum Gasteiger partial charge on any atom is -0.475 e. The average Bonchev–Trinajstić information content (AvgIpc) is 2.38. The zero-order valence-electron chi connectivity index (χ0n) is 10.7. The summed E-state index contributed by atoms with van der Waals surface area (Å²) >= 11 is 5.94. The molecular weight excluding hydrogens is 254 g/mol. The molecule has 1 aromatic rings. The van der Waals surface area contributed by atoms with Crippen molar-refractivity contribution in [1.82, 2.24) is 9.97 Å². The van der Waals surface area contributed by atoms with Crippen LogP contribution in [0.15, 0.2) is 12.3 Å². The molecule has 1 aromatic heterocycles. The molecule has 18 heavy (non-hydrogen) atoms. The maximum atomic E-state index is 5.94. The van der Waals surface area contributed by atoms with Gasteiger partial charge in [-0.05, 0) is 13.8 Å². The fourth-order valence-corrected chi connectivity index (χ4v) is 2.08. The highest BCUT2D eigenvalue weighted by Crippen LogP contribution is 2.19. The van der Waals surface area contributed by atoms with Crippen LogP contribution in [-0.2, 0) is 4.74 Å². The number of halogens is 1. The Morgan fingerprint density at radius 1 is 1.61 bits per heavy atom. The normalized spacial score (nSPS) is 20.2. The van der Waals surface area contributed by atoms with Gasteiger partial charge in [0, 0.05) is 24.7 Å². The number of rotatable bonds is 4. The Morgan fingerprint density at radius 3 is 3.17 bits per heavy atom. The summed E-state index contributed by atoms with van der Waals surface area (Å²) < 4.78 is 11.0. The van der Waals surface area contributed by atoms with Crippen LogP contribution in [0.25, 0.3) is 0 Å². The van der Waals surface area contributed by atoms with Gasteiger partial charge in [0.2, 0.25) is 11.8 Å². The molecule has 6 heteroatoms. The molecular formula is C12H18ClN3O2. The van der Waals surface area contributed by atoms with E-state index in [1.54, 1.807) is 12.3 Å². The van der Waals surface area contributed by atoms with Crippen molar-refractivity contribution in [3.63, 3.8) is 0 Å². The molecule has 0 bridgehead atoms. The molecule has 1 aliphatic rings. The van der Waals surface area contributed by atoms with Gasteiger partial charge < -0.3 is 14.4 Å². The van der Waals surface area contributed by atoms with Crippen LogP contribution in [0.4, 0.5) is 5.95 Å². The molecule has 1 atom stereocenters. The molecule has 1 fully saturated rings. The Labute approximate surface area is 112 Å². The van der Waals surface area contributed by atoms with Crippen molar-refractivity contribution < 1.29 is 9.47 Å². The molecule has 2 heterocycles. The quantitative estimate of drug-likeness (QED) is 0.780.